The van der Waals surface area contributed by atoms with Crippen LogP contribution in [-0.4, -0.2) is 54.9 Å². The molecule has 1 aromatic rings. The highest BCUT2D eigenvalue weighted by Gasteiger charge is 2.29. The molecule has 19 heavy (non-hydrogen) atoms. The molecule has 1 fully saturated rings. The number of anilines is 1. The number of carbonyl (C=O) groups excluding carboxylic acids is 1. The second kappa shape index (κ2) is 6.04. The van der Waals surface area contributed by atoms with Gasteiger partial charge in [-0.05, 0) is 19.1 Å². The van der Waals surface area contributed by atoms with E-state index in [9.17, 15) is 9.90 Å². The molecule has 2 atom stereocenters. The number of carbonyl (C=O) groups is 1. The van der Waals surface area contributed by atoms with E-state index in [2.05, 4.69) is 5.32 Å². The molecule has 5 heteroatoms. The average Bonchev–Trinajstić information content (AvgIpc) is 2.45. The lowest BCUT2D eigenvalue weighted by Crippen LogP contribution is -2.50. The highest BCUT2D eigenvalue weighted by Crippen LogP contribution is 2.19. The van der Waals surface area contributed by atoms with E-state index in [0.717, 1.165) is 5.69 Å². The number of hydrogen-bond acceptors (Lipinski definition) is 4. The normalized spacial score (nSPS) is 23.2. The minimum absolute atomic E-state index is 0.0291. The van der Waals surface area contributed by atoms with Gasteiger partial charge in [0.1, 0.15) is 0 Å². The minimum Gasteiger partial charge on any atom is -0.394 e. The summed E-state index contributed by atoms with van der Waals surface area (Å²) < 4.78 is 5.55. The van der Waals surface area contributed by atoms with Gasteiger partial charge in [-0.1, -0.05) is 12.1 Å². The molecule has 0 aromatic heterocycles. The first kappa shape index (κ1) is 13.8. The molecule has 2 N–H and O–H groups in total. The summed E-state index contributed by atoms with van der Waals surface area (Å²) in [6.45, 7) is 2.82. The van der Waals surface area contributed by atoms with Crippen molar-refractivity contribution < 1.29 is 14.6 Å². The predicted octanol–water partition coefficient (Wildman–Crippen LogP) is 0.950. The van der Waals surface area contributed by atoms with Crippen LogP contribution in [0.5, 0.6) is 0 Å². The van der Waals surface area contributed by atoms with Crippen LogP contribution in [0.1, 0.15) is 17.3 Å². The molecule has 1 aliphatic rings. The number of nitrogens with zero attached hydrogens (tertiary/aromatic N) is 1. The fraction of sp³-hybridized carbons (Fsp3) is 0.500. The van der Waals surface area contributed by atoms with Crippen LogP contribution in [0.25, 0.3) is 0 Å². The number of aliphatic hydroxyl groups is 1. The lowest BCUT2D eigenvalue weighted by molar-refractivity contribution is -0.0858. The van der Waals surface area contributed by atoms with E-state index in [-0.39, 0.29) is 24.7 Å². The smallest absolute Gasteiger partial charge is 0.256 e. The standard InChI is InChI=1S/C14H20N2O3/c1-10-7-16(8-11(9-17)19-10)14(18)12-5-3-4-6-13(12)15-2/h3-6,10-11,15,17H,7-9H2,1-2H3. The third kappa shape index (κ3) is 3.05. The van der Waals surface area contributed by atoms with Crippen LogP contribution in [0.15, 0.2) is 24.3 Å². The molecule has 2 rings (SSSR count). The van der Waals surface area contributed by atoms with Gasteiger partial charge in [-0.25, -0.2) is 0 Å². The van der Waals surface area contributed by atoms with Crippen LogP contribution in [0.4, 0.5) is 5.69 Å². The van der Waals surface area contributed by atoms with E-state index in [4.69, 9.17) is 4.74 Å². The maximum atomic E-state index is 12.5. The zero-order chi connectivity index (χ0) is 13.8. The largest absolute Gasteiger partial charge is 0.394 e. The van der Waals surface area contributed by atoms with E-state index in [1.807, 2.05) is 31.2 Å². The van der Waals surface area contributed by atoms with Crippen molar-refractivity contribution in [2.45, 2.75) is 19.1 Å². The number of amides is 1. The van der Waals surface area contributed by atoms with Crippen molar-refractivity contribution in [3.63, 3.8) is 0 Å². The quantitative estimate of drug-likeness (QED) is 0.853. The van der Waals surface area contributed by atoms with Gasteiger partial charge in [0.15, 0.2) is 0 Å². The fourth-order valence-corrected chi connectivity index (χ4v) is 2.37. The number of aliphatic hydroxyl groups excluding tert-OH is 1. The van der Waals surface area contributed by atoms with Gasteiger partial charge in [-0.15, -0.1) is 0 Å². The van der Waals surface area contributed by atoms with Gasteiger partial charge in [0.25, 0.3) is 5.91 Å². The zero-order valence-electron chi connectivity index (χ0n) is 11.3. The van der Waals surface area contributed by atoms with E-state index in [1.165, 1.54) is 0 Å². The number of morpholine rings is 1. The van der Waals surface area contributed by atoms with Gasteiger partial charge in [0.05, 0.1) is 24.4 Å². The number of para-hydroxylation sites is 1. The fourth-order valence-electron chi connectivity index (χ4n) is 2.37. The van der Waals surface area contributed by atoms with Crippen LogP contribution in [-0.2, 0) is 4.74 Å². The minimum atomic E-state index is -0.297. The average molecular weight is 264 g/mol. The molecule has 104 valence electrons. The Morgan fingerprint density at radius 2 is 2.21 bits per heavy atom. The van der Waals surface area contributed by atoms with Crippen molar-refractivity contribution in [2.24, 2.45) is 0 Å². The Labute approximate surface area is 113 Å². The van der Waals surface area contributed by atoms with Crippen molar-refractivity contribution in [3.05, 3.63) is 29.8 Å². The Kier molecular flexibility index (Phi) is 4.39. The number of ether oxygens (including phenoxy) is 1. The molecule has 0 bridgehead atoms. The number of benzene rings is 1. The zero-order valence-corrected chi connectivity index (χ0v) is 11.3. The maximum absolute atomic E-state index is 12.5. The van der Waals surface area contributed by atoms with Crippen LogP contribution >= 0.6 is 0 Å². The summed E-state index contributed by atoms with van der Waals surface area (Å²) in [5, 5.41) is 12.2. The van der Waals surface area contributed by atoms with Crippen molar-refractivity contribution in [2.75, 3.05) is 32.1 Å². The first-order valence-electron chi connectivity index (χ1n) is 6.48. The summed E-state index contributed by atoms with van der Waals surface area (Å²) in [5.41, 5.74) is 1.46. The summed E-state index contributed by atoms with van der Waals surface area (Å²) >= 11 is 0. The Bertz CT molecular complexity index is 450. The van der Waals surface area contributed by atoms with Crippen LogP contribution in [0.2, 0.25) is 0 Å². The molecule has 5 nitrogen and oxygen atoms in total. The molecular formula is C14H20N2O3. The molecule has 1 saturated heterocycles. The van der Waals surface area contributed by atoms with Gasteiger partial charge in [-0.3, -0.25) is 4.79 Å². The van der Waals surface area contributed by atoms with E-state index in [0.29, 0.717) is 18.7 Å². The number of rotatable bonds is 3. The van der Waals surface area contributed by atoms with Crippen LogP contribution in [0.3, 0.4) is 0 Å². The Balaban J connectivity index is 2.18. The van der Waals surface area contributed by atoms with Crippen LogP contribution in [0, 0.1) is 0 Å². The molecular weight excluding hydrogens is 244 g/mol. The van der Waals surface area contributed by atoms with Crippen molar-refractivity contribution in [1.29, 1.82) is 0 Å². The van der Waals surface area contributed by atoms with E-state index < -0.39 is 0 Å². The summed E-state index contributed by atoms with van der Waals surface area (Å²) in [6, 6.07) is 7.42. The molecule has 2 unspecified atom stereocenters. The highest BCUT2D eigenvalue weighted by atomic mass is 16.5. The molecule has 0 saturated carbocycles. The van der Waals surface area contributed by atoms with Gasteiger partial charge in [0.2, 0.25) is 0 Å². The molecule has 0 radical (unpaired) electrons. The second-order valence-electron chi connectivity index (χ2n) is 4.76. The second-order valence-corrected chi connectivity index (χ2v) is 4.76. The van der Waals surface area contributed by atoms with Crippen molar-refractivity contribution in [1.82, 2.24) is 4.90 Å². The highest BCUT2D eigenvalue weighted by molar-refractivity contribution is 5.99. The summed E-state index contributed by atoms with van der Waals surface area (Å²) in [6.07, 6.45) is -0.356. The first-order valence-corrected chi connectivity index (χ1v) is 6.48. The number of nitrogens with one attached hydrogen (secondary N) is 1. The third-order valence-electron chi connectivity index (χ3n) is 3.24. The molecule has 1 amide bonds. The van der Waals surface area contributed by atoms with Crippen LogP contribution < -0.4 is 5.32 Å². The topological polar surface area (TPSA) is 61.8 Å². The molecule has 0 aliphatic carbocycles. The molecule has 0 spiro atoms. The van der Waals surface area contributed by atoms with E-state index >= 15 is 0 Å². The monoisotopic (exact) mass is 264 g/mol. The Hall–Kier alpha value is -1.59. The maximum Gasteiger partial charge on any atom is 0.256 e. The van der Waals surface area contributed by atoms with Crippen molar-refractivity contribution in [3.8, 4) is 0 Å². The van der Waals surface area contributed by atoms with Gasteiger partial charge < -0.3 is 20.1 Å². The SMILES string of the molecule is CNc1ccccc1C(=O)N1CC(C)OC(CO)C1. The predicted molar refractivity (Wildman–Crippen MR) is 73.3 cm³/mol. The summed E-state index contributed by atoms with van der Waals surface area (Å²) in [5.74, 6) is -0.0291. The molecule has 1 heterocycles. The first-order chi connectivity index (χ1) is 9.15. The van der Waals surface area contributed by atoms with E-state index in [1.54, 1.807) is 11.9 Å². The third-order valence-corrected chi connectivity index (χ3v) is 3.24. The van der Waals surface area contributed by atoms with Crippen molar-refractivity contribution >= 4 is 11.6 Å². The Morgan fingerprint density at radius 1 is 1.47 bits per heavy atom. The van der Waals surface area contributed by atoms with Gasteiger partial charge in [-0.2, -0.15) is 0 Å². The van der Waals surface area contributed by atoms with Gasteiger partial charge >= 0.3 is 0 Å². The lowest BCUT2D eigenvalue weighted by atomic mass is 10.1. The number of hydrogen-bond donors (Lipinski definition) is 2. The summed E-state index contributed by atoms with van der Waals surface area (Å²) in [4.78, 5) is 14.3. The summed E-state index contributed by atoms with van der Waals surface area (Å²) in [7, 11) is 1.80. The molecule has 1 aromatic carbocycles. The van der Waals surface area contributed by atoms with Gasteiger partial charge in [0, 0.05) is 25.8 Å². The molecule has 1 aliphatic heterocycles. The Morgan fingerprint density at radius 3 is 2.89 bits per heavy atom. The lowest BCUT2D eigenvalue weighted by Gasteiger charge is -2.36.